The van der Waals surface area contributed by atoms with Crippen LogP contribution in [0.3, 0.4) is 0 Å². The molecule has 0 amide bonds. The summed E-state index contributed by atoms with van der Waals surface area (Å²) < 4.78 is 0. The predicted octanol–water partition coefficient (Wildman–Crippen LogP) is 3.52. The van der Waals surface area contributed by atoms with Crippen LogP contribution in [0, 0.1) is 0 Å². The van der Waals surface area contributed by atoms with Crippen molar-refractivity contribution in [2.24, 2.45) is 0 Å². The minimum absolute atomic E-state index is 0.523. The molecule has 3 N–H and O–H groups in total. The SMILES string of the molecule is C=CC(=O)O.CCCCCCCCCCC(O)C(C)O. The summed E-state index contributed by atoms with van der Waals surface area (Å²) in [7, 11) is 0. The first-order valence-corrected chi connectivity index (χ1v) is 7.67. The van der Waals surface area contributed by atoms with Gasteiger partial charge < -0.3 is 15.3 Å². The van der Waals surface area contributed by atoms with E-state index in [0.29, 0.717) is 0 Å². The van der Waals surface area contributed by atoms with Crippen LogP contribution in [0.2, 0.25) is 0 Å². The molecule has 0 saturated carbocycles. The van der Waals surface area contributed by atoms with Crippen LogP contribution in [0.5, 0.6) is 0 Å². The summed E-state index contributed by atoms with van der Waals surface area (Å²) >= 11 is 0. The van der Waals surface area contributed by atoms with Crippen LogP contribution in [-0.4, -0.2) is 33.5 Å². The highest BCUT2D eigenvalue weighted by Gasteiger charge is 2.09. The first-order chi connectivity index (χ1) is 9.45. The molecule has 2 atom stereocenters. The second kappa shape index (κ2) is 16.2. The Morgan fingerprint density at radius 2 is 1.45 bits per heavy atom. The maximum atomic E-state index is 9.35. The predicted molar refractivity (Wildman–Crippen MR) is 82.7 cm³/mol. The lowest BCUT2D eigenvalue weighted by molar-refractivity contribution is -0.131. The second-order valence-electron chi connectivity index (χ2n) is 5.11. The summed E-state index contributed by atoms with van der Waals surface area (Å²) in [5.74, 6) is -0.981. The number of hydrogen-bond donors (Lipinski definition) is 3. The first kappa shape index (κ1) is 21.4. The number of aliphatic hydroxyl groups is 2. The molecule has 0 rings (SSSR count). The number of carbonyl (C=O) groups is 1. The molecule has 0 aromatic rings. The van der Waals surface area contributed by atoms with Gasteiger partial charge in [0.05, 0.1) is 12.2 Å². The molecule has 0 saturated heterocycles. The third-order valence-electron chi connectivity index (χ3n) is 3.08. The third kappa shape index (κ3) is 19.5. The van der Waals surface area contributed by atoms with Gasteiger partial charge in [-0.1, -0.05) is 64.9 Å². The van der Waals surface area contributed by atoms with Crippen molar-refractivity contribution in [3.8, 4) is 0 Å². The van der Waals surface area contributed by atoms with E-state index in [-0.39, 0.29) is 0 Å². The smallest absolute Gasteiger partial charge is 0.327 e. The summed E-state index contributed by atoms with van der Waals surface area (Å²) in [4.78, 5) is 9.25. The van der Waals surface area contributed by atoms with E-state index >= 15 is 0 Å². The maximum Gasteiger partial charge on any atom is 0.327 e. The zero-order valence-electron chi connectivity index (χ0n) is 13.1. The summed E-state index contributed by atoms with van der Waals surface area (Å²) in [6, 6.07) is 0. The number of rotatable bonds is 11. The molecule has 0 aromatic carbocycles. The van der Waals surface area contributed by atoms with Gasteiger partial charge in [-0.15, -0.1) is 0 Å². The van der Waals surface area contributed by atoms with Gasteiger partial charge in [0, 0.05) is 6.08 Å². The molecular weight excluding hydrogens is 256 g/mol. The quantitative estimate of drug-likeness (QED) is 0.401. The molecule has 0 bridgehead atoms. The molecule has 0 aliphatic heterocycles. The van der Waals surface area contributed by atoms with E-state index < -0.39 is 18.2 Å². The topological polar surface area (TPSA) is 77.8 Å². The van der Waals surface area contributed by atoms with Gasteiger partial charge >= 0.3 is 5.97 Å². The highest BCUT2D eigenvalue weighted by atomic mass is 16.4. The number of unbranched alkanes of at least 4 members (excludes halogenated alkanes) is 7. The van der Waals surface area contributed by atoms with Crippen molar-refractivity contribution in [1.29, 1.82) is 0 Å². The Kier molecular flexibility index (Phi) is 17.3. The van der Waals surface area contributed by atoms with E-state index in [4.69, 9.17) is 10.2 Å². The molecule has 120 valence electrons. The summed E-state index contributed by atoms with van der Waals surface area (Å²) in [5, 5.41) is 26.0. The van der Waals surface area contributed by atoms with Crippen molar-refractivity contribution in [2.45, 2.75) is 83.8 Å². The monoisotopic (exact) mass is 288 g/mol. The number of carboxylic acids is 1. The van der Waals surface area contributed by atoms with Gasteiger partial charge in [0.15, 0.2) is 0 Å². The van der Waals surface area contributed by atoms with Gasteiger partial charge in [-0.05, 0) is 13.3 Å². The molecule has 2 unspecified atom stereocenters. The molecule has 0 spiro atoms. The third-order valence-corrected chi connectivity index (χ3v) is 3.08. The average molecular weight is 288 g/mol. The van der Waals surface area contributed by atoms with Crippen molar-refractivity contribution < 1.29 is 20.1 Å². The van der Waals surface area contributed by atoms with Crippen LogP contribution in [0.1, 0.15) is 71.6 Å². The van der Waals surface area contributed by atoms with Crippen LogP contribution in [0.15, 0.2) is 12.7 Å². The first-order valence-electron chi connectivity index (χ1n) is 7.67. The Bertz CT molecular complexity index is 227. The van der Waals surface area contributed by atoms with Crippen LogP contribution >= 0.6 is 0 Å². The molecular formula is C16H32O4. The van der Waals surface area contributed by atoms with E-state index in [1.807, 2.05) is 0 Å². The fraction of sp³-hybridized carbons (Fsp3) is 0.812. The number of aliphatic hydroxyl groups excluding tert-OH is 2. The molecule has 0 aliphatic carbocycles. The van der Waals surface area contributed by atoms with Crippen LogP contribution in [-0.2, 0) is 4.79 Å². The Hall–Kier alpha value is -0.870. The van der Waals surface area contributed by atoms with Crippen LogP contribution in [0.4, 0.5) is 0 Å². The van der Waals surface area contributed by atoms with Crippen LogP contribution < -0.4 is 0 Å². The molecule has 0 fully saturated rings. The van der Waals surface area contributed by atoms with Gasteiger partial charge in [-0.2, -0.15) is 0 Å². The Morgan fingerprint density at radius 3 is 1.80 bits per heavy atom. The van der Waals surface area contributed by atoms with Gasteiger partial charge in [-0.25, -0.2) is 4.79 Å². The van der Waals surface area contributed by atoms with Gasteiger partial charge in [0.25, 0.3) is 0 Å². The summed E-state index contributed by atoms with van der Waals surface area (Å²) in [5.41, 5.74) is 0. The Labute approximate surface area is 123 Å². The van der Waals surface area contributed by atoms with Crippen molar-refractivity contribution in [1.82, 2.24) is 0 Å². The molecule has 0 aliphatic rings. The molecule has 0 radical (unpaired) electrons. The number of carboxylic acid groups (broad SMARTS) is 1. The summed E-state index contributed by atoms with van der Waals surface area (Å²) in [6.45, 7) is 6.84. The standard InChI is InChI=1S/C13H28O2.C3H4O2/c1-3-4-5-6-7-8-9-10-11-13(15)12(2)14;1-2-3(4)5/h12-15H,3-11H2,1-2H3;2H,1H2,(H,4,5). The Morgan fingerprint density at radius 1 is 1.05 bits per heavy atom. The zero-order chi connectivity index (χ0) is 15.8. The van der Waals surface area contributed by atoms with Crippen molar-refractivity contribution in [3.05, 3.63) is 12.7 Å². The van der Waals surface area contributed by atoms with E-state index in [2.05, 4.69) is 13.5 Å². The lowest BCUT2D eigenvalue weighted by Gasteiger charge is -2.12. The zero-order valence-corrected chi connectivity index (χ0v) is 13.1. The maximum absolute atomic E-state index is 9.35. The van der Waals surface area contributed by atoms with Crippen molar-refractivity contribution >= 4 is 5.97 Å². The number of hydrogen-bond acceptors (Lipinski definition) is 3. The average Bonchev–Trinajstić information content (AvgIpc) is 2.42. The lowest BCUT2D eigenvalue weighted by Crippen LogP contribution is -2.21. The minimum atomic E-state index is -0.981. The largest absolute Gasteiger partial charge is 0.478 e. The van der Waals surface area contributed by atoms with Crippen molar-refractivity contribution in [2.75, 3.05) is 0 Å². The second-order valence-corrected chi connectivity index (χ2v) is 5.11. The fourth-order valence-electron chi connectivity index (χ4n) is 1.73. The summed E-state index contributed by atoms with van der Waals surface area (Å²) in [6.07, 6.45) is 10.7. The van der Waals surface area contributed by atoms with E-state index in [0.717, 1.165) is 18.9 Å². The van der Waals surface area contributed by atoms with E-state index in [1.54, 1.807) is 6.92 Å². The molecule has 0 heterocycles. The molecule has 4 heteroatoms. The Balaban J connectivity index is 0. The lowest BCUT2D eigenvalue weighted by atomic mass is 10.0. The minimum Gasteiger partial charge on any atom is -0.478 e. The van der Waals surface area contributed by atoms with E-state index in [9.17, 15) is 9.90 Å². The highest BCUT2D eigenvalue weighted by Crippen LogP contribution is 2.11. The molecule has 4 nitrogen and oxygen atoms in total. The van der Waals surface area contributed by atoms with E-state index in [1.165, 1.54) is 44.9 Å². The van der Waals surface area contributed by atoms with Crippen molar-refractivity contribution in [3.63, 3.8) is 0 Å². The molecule has 0 aromatic heterocycles. The molecule has 20 heavy (non-hydrogen) atoms. The fourth-order valence-corrected chi connectivity index (χ4v) is 1.73. The van der Waals surface area contributed by atoms with Crippen LogP contribution in [0.25, 0.3) is 0 Å². The number of aliphatic carboxylic acids is 1. The normalized spacial score (nSPS) is 13.0. The van der Waals surface area contributed by atoms with Gasteiger partial charge in [-0.3, -0.25) is 0 Å². The van der Waals surface area contributed by atoms with Gasteiger partial charge in [0.1, 0.15) is 0 Å². The van der Waals surface area contributed by atoms with Gasteiger partial charge in [0.2, 0.25) is 0 Å². The highest BCUT2D eigenvalue weighted by molar-refractivity contribution is 5.78.